The molecule has 0 aromatic heterocycles. The van der Waals surface area contributed by atoms with Crippen molar-refractivity contribution < 1.29 is 29.3 Å². The molecule has 6 nitrogen and oxygen atoms in total. The van der Waals surface area contributed by atoms with Gasteiger partial charge in [-0.15, -0.1) is 0 Å². The van der Waals surface area contributed by atoms with Gasteiger partial charge in [-0.2, -0.15) is 0 Å². The predicted molar refractivity (Wildman–Crippen MR) is 89.4 cm³/mol. The highest BCUT2D eigenvalue weighted by Crippen LogP contribution is 2.49. The van der Waals surface area contributed by atoms with Gasteiger partial charge in [0.25, 0.3) is 0 Å². The molecule has 134 valence electrons. The number of allylic oxidation sites excluding steroid dienone is 1. The highest BCUT2D eigenvalue weighted by Gasteiger charge is 2.52. The van der Waals surface area contributed by atoms with Gasteiger partial charge in [-0.25, -0.2) is 9.59 Å². The molecule has 3 aliphatic rings. The summed E-state index contributed by atoms with van der Waals surface area (Å²) in [5.74, 6) is -2.52. The molecular weight excluding hydrogens is 324 g/mol. The number of carbonyl (C=O) groups is 2. The summed E-state index contributed by atoms with van der Waals surface area (Å²) in [5, 5.41) is 18.4. The van der Waals surface area contributed by atoms with Gasteiger partial charge in [0.05, 0.1) is 12.5 Å². The second kappa shape index (κ2) is 6.52. The van der Waals surface area contributed by atoms with Gasteiger partial charge >= 0.3 is 11.9 Å². The molecule has 0 spiro atoms. The van der Waals surface area contributed by atoms with E-state index in [1.165, 1.54) is 5.57 Å². The van der Waals surface area contributed by atoms with E-state index in [4.69, 9.17) is 14.6 Å². The lowest BCUT2D eigenvalue weighted by molar-refractivity contribution is -0.151. The molecule has 1 saturated heterocycles. The molecule has 3 rings (SSSR count). The fourth-order valence-electron chi connectivity index (χ4n) is 4.06. The Morgan fingerprint density at radius 3 is 2.88 bits per heavy atom. The first-order valence-electron chi connectivity index (χ1n) is 8.31. The summed E-state index contributed by atoms with van der Waals surface area (Å²) >= 11 is 0. The minimum Gasteiger partial charge on any atom is -0.502 e. The first-order chi connectivity index (χ1) is 11.8. The van der Waals surface area contributed by atoms with E-state index >= 15 is 0 Å². The Morgan fingerprint density at radius 1 is 1.48 bits per heavy atom. The fraction of sp³-hybridized carbons (Fsp3) is 0.474. The summed E-state index contributed by atoms with van der Waals surface area (Å²) in [6.45, 7) is 7.38. The third kappa shape index (κ3) is 2.91. The molecule has 4 atom stereocenters. The molecule has 0 bridgehead atoms. The summed E-state index contributed by atoms with van der Waals surface area (Å²) in [6.07, 6.45) is 3.24. The third-order valence-corrected chi connectivity index (χ3v) is 5.31. The number of ether oxygens (including phenoxy) is 2. The minimum absolute atomic E-state index is 0.0153. The van der Waals surface area contributed by atoms with E-state index in [1.54, 1.807) is 0 Å². The number of aliphatic hydroxyl groups is 2. The van der Waals surface area contributed by atoms with Crippen molar-refractivity contribution in [3.05, 3.63) is 46.8 Å². The van der Waals surface area contributed by atoms with Crippen molar-refractivity contribution in [2.24, 2.45) is 11.8 Å². The maximum atomic E-state index is 12.1. The average Bonchev–Trinajstić information content (AvgIpc) is 3.03. The first kappa shape index (κ1) is 17.5. The van der Waals surface area contributed by atoms with E-state index in [-0.39, 0.29) is 5.92 Å². The van der Waals surface area contributed by atoms with Crippen LogP contribution in [0.15, 0.2) is 46.8 Å². The first-order valence-corrected chi connectivity index (χ1v) is 8.31. The van der Waals surface area contributed by atoms with E-state index in [2.05, 4.69) is 12.7 Å². The molecule has 0 unspecified atom stereocenters. The van der Waals surface area contributed by atoms with Crippen molar-refractivity contribution in [2.75, 3.05) is 6.61 Å². The topological polar surface area (TPSA) is 93.1 Å². The highest BCUT2D eigenvalue weighted by molar-refractivity contribution is 5.91. The van der Waals surface area contributed by atoms with Crippen LogP contribution in [0.1, 0.15) is 26.7 Å². The Labute approximate surface area is 146 Å². The van der Waals surface area contributed by atoms with Crippen LogP contribution in [-0.4, -0.2) is 41.0 Å². The van der Waals surface area contributed by atoms with Gasteiger partial charge in [0.1, 0.15) is 12.2 Å². The zero-order chi connectivity index (χ0) is 18.3. The van der Waals surface area contributed by atoms with E-state index < -0.39 is 42.4 Å². The van der Waals surface area contributed by atoms with Gasteiger partial charge in [0.15, 0.2) is 5.76 Å². The molecule has 1 heterocycles. The van der Waals surface area contributed by atoms with Crippen molar-refractivity contribution in [3.63, 3.8) is 0 Å². The van der Waals surface area contributed by atoms with Crippen LogP contribution in [0.25, 0.3) is 0 Å². The SMILES string of the molecule is C=C1C(=O)O[C@@H]2[C@H]3C(C)=CCC3=C(C)C[C@@H](OC(=O)/C(O)=C/CO)[C@@H]12. The van der Waals surface area contributed by atoms with E-state index in [9.17, 15) is 14.7 Å². The summed E-state index contributed by atoms with van der Waals surface area (Å²) in [4.78, 5) is 24.2. The maximum Gasteiger partial charge on any atom is 0.373 e. The van der Waals surface area contributed by atoms with Crippen LogP contribution < -0.4 is 0 Å². The predicted octanol–water partition coefficient (Wildman–Crippen LogP) is 2.12. The Bertz CT molecular complexity index is 726. The minimum atomic E-state index is -0.929. The van der Waals surface area contributed by atoms with E-state index in [0.717, 1.165) is 23.6 Å². The molecule has 0 radical (unpaired) electrons. The van der Waals surface area contributed by atoms with Crippen LogP contribution in [0.2, 0.25) is 0 Å². The van der Waals surface area contributed by atoms with Crippen molar-refractivity contribution in [3.8, 4) is 0 Å². The summed E-state index contributed by atoms with van der Waals surface area (Å²) in [7, 11) is 0. The third-order valence-electron chi connectivity index (χ3n) is 5.31. The number of aliphatic hydroxyl groups excluding tert-OH is 2. The van der Waals surface area contributed by atoms with Gasteiger partial charge < -0.3 is 19.7 Å². The molecule has 2 N–H and O–H groups in total. The molecule has 0 aromatic rings. The summed E-state index contributed by atoms with van der Waals surface area (Å²) in [5.41, 5.74) is 3.73. The summed E-state index contributed by atoms with van der Waals surface area (Å²) in [6, 6.07) is 0. The van der Waals surface area contributed by atoms with E-state index in [1.807, 2.05) is 13.8 Å². The number of rotatable bonds is 3. The smallest absolute Gasteiger partial charge is 0.373 e. The second-order valence-electron chi connectivity index (χ2n) is 6.78. The van der Waals surface area contributed by atoms with Gasteiger partial charge in [0, 0.05) is 17.9 Å². The molecule has 0 saturated carbocycles. The molecule has 1 aliphatic heterocycles. The Hall–Kier alpha value is -2.34. The molecular formula is C19H22O6. The molecule has 25 heavy (non-hydrogen) atoms. The van der Waals surface area contributed by atoms with E-state index in [0.29, 0.717) is 12.0 Å². The van der Waals surface area contributed by atoms with Gasteiger partial charge in [-0.1, -0.05) is 29.4 Å². The number of carbonyl (C=O) groups excluding carboxylic acids is 2. The molecule has 6 heteroatoms. The molecule has 0 amide bonds. The van der Waals surface area contributed by atoms with Crippen LogP contribution >= 0.6 is 0 Å². The lowest BCUT2D eigenvalue weighted by atomic mass is 9.82. The largest absolute Gasteiger partial charge is 0.502 e. The maximum absolute atomic E-state index is 12.1. The van der Waals surface area contributed by atoms with Crippen molar-refractivity contribution in [1.82, 2.24) is 0 Å². The van der Waals surface area contributed by atoms with Crippen LogP contribution in [0.3, 0.4) is 0 Å². The Morgan fingerprint density at radius 2 is 2.20 bits per heavy atom. The molecule has 2 aliphatic carbocycles. The van der Waals surface area contributed by atoms with Crippen LogP contribution in [0.4, 0.5) is 0 Å². The zero-order valence-corrected chi connectivity index (χ0v) is 14.3. The number of hydrogen-bond acceptors (Lipinski definition) is 6. The molecule has 0 aromatic carbocycles. The number of esters is 2. The quantitative estimate of drug-likeness (QED) is 0.352. The number of fused-ring (bicyclic) bond motifs is 3. The van der Waals surface area contributed by atoms with Gasteiger partial charge in [-0.3, -0.25) is 0 Å². The van der Waals surface area contributed by atoms with Crippen molar-refractivity contribution >= 4 is 11.9 Å². The second-order valence-corrected chi connectivity index (χ2v) is 6.78. The van der Waals surface area contributed by atoms with Gasteiger partial charge in [-0.05, 0) is 26.3 Å². The molecule has 1 fully saturated rings. The van der Waals surface area contributed by atoms with Crippen LogP contribution in [-0.2, 0) is 19.1 Å². The van der Waals surface area contributed by atoms with Gasteiger partial charge in [0.2, 0.25) is 0 Å². The standard InChI is InChI=1S/C19H22O6/c1-9-4-5-12-10(2)8-14(24-19(23)13(21)6-7-20)16-11(3)18(22)25-17(16)15(9)12/h4,6,14-17,20-21H,3,5,7-8H2,1-2H3/b13-6-/t14-,15+,16-,17-/m1/s1. The highest BCUT2D eigenvalue weighted by atomic mass is 16.6. The zero-order valence-electron chi connectivity index (χ0n) is 14.3. The Balaban J connectivity index is 1.95. The fourth-order valence-corrected chi connectivity index (χ4v) is 4.06. The lowest BCUT2D eigenvalue weighted by Crippen LogP contribution is -2.36. The Kier molecular flexibility index (Phi) is 4.56. The van der Waals surface area contributed by atoms with Crippen LogP contribution in [0, 0.1) is 11.8 Å². The lowest BCUT2D eigenvalue weighted by Gasteiger charge is -2.28. The normalized spacial score (nSPS) is 32.0. The van der Waals surface area contributed by atoms with Crippen molar-refractivity contribution in [1.29, 1.82) is 0 Å². The average molecular weight is 346 g/mol. The number of hydrogen-bond donors (Lipinski definition) is 2. The van der Waals surface area contributed by atoms with Crippen LogP contribution in [0.5, 0.6) is 0 Å². The summed E-state index contributed by atoms with van der Waals surface area (Å²) < 4.78 is 11.1. The monoisotopic (exact) mass is 346 g/mol. The van der Waals surface area contributed by atoms with Crippen molar-refractivity contribution in [2.45, 2.75) is 38.9 Å².